The van der Waals surface area contributed by atoms with Gasteiger partial charge in [0, 0.05) is 5.56 Å². The molecule has 0 aliphatic rings. The Bertz CT molecular complexity index is 629. The second kappa shape index (κ2) is 6.39. The molecule has 0 aliphatic carbocycles. The molecule has 0 atom stereocenters. The lowest BCUT2D eigenvalue weighted by molar-refractivity contribution is 0.112. The van der Waals surface area contributed by atoms with Gasteiger partial charge in [-0.15, -0.1) is 0 Å². The lowest BCUT2D eigenvalue weighted by Crippen LogP contribution is -1.99. The number of carbonyl (C=O) groups is 1. The van der Waals surface area contributed by atoms with Gasteiger partial charge in [0.1, 0.15) is 18.7 Å². The van der Waals surface area contributed by atoms with Gasteiger partial charge in [0.25, 0.3) is 0 Å². The number of aldehydes is 1. The summed E-state index contributed by atoms with van der Waals surface area (Å²) in [5, 5.41) is 0.267. The second-order valence-corrected chi connectivity index (χ2v) is 4.48. The normalized spacial score (nSPS) is 10.2. The third-order valence-corrected chi connectivity index (χ3v) is 2.94. The van der Waals surface area contributed by atoms with Crippen LogP contribution in [-0.4, -0.2) is 13.4 Å². The summed E-state index contributed by atoms with van der Waals surface area (Å²) < 4.78 is 23.8. The Morgan fingerprint density at radius 3 is 2.75 bits per heavy atom. The Morgan fingerprint density at radius 2 is 2.10 bits per heavy atom. The summed E-state index contributed by atoms with van der Waals surface area (Å²) >= 11 is 6.05. The van der Waals surface area contributed by atoms with Gasteiger partial charge in [-0.05, 0) is 29.8 Å². The SMILES string of the molecule is COc1cc(C=O)cc(Cl)c1OCc1cccc(F)c1. The van der Waals surface area contributed by atoms with Gasteiger partial charge in [-0.2, -0.15) is 0 Å². The van der Waals surface area contributed by atoms with E-state index >= 15 is 0 Å². The number of ether oxygens (including phenoxy) is 2. The Kier molecular flexibility index (Phi) is 4.58. The highest BCUT2D eigenvalue weighted by molar-refractivity contribution is 6.32. The number of methoxy groups -OCH3 is 1. The second-order valence-electron chi connectivity index (χ2n) is 4.07. The third kappa shape index (κ3) is 3.27. The molecule has 104 valence electrons. The quantitative estimate of drug-likeness (QED) is 0.785. The predicted octanol–water partition coefficient (Wildman–Crippen LogP) is 3.88. The first-order chi connectivity index (χ1) is 9.63. The molecule has 2 aromatic rings. The van der Waals surface area contributed by atoms with Gasteiger partial charge in [-0.3, -0.25) is 4.79 Å². The molecule has 2 aromatic carbocycles. The third-order valence-electron chi connectivity index (χ3n) is 2.66. The first-order valence-electron chi connectivity index (χ1n) is 5.84. The van der Waals surface area contributed by atoms with Crippen LogP contribution in [0.15, 0.2) is 36.4 Å². The van der Waals surface area contributed by atoms with Crippen LogP contribution in [-0.2, 0) is 6.61 Å². The van der Waals surface area contributed by atoms with E-state index in [0.717, 1.165) is 0 Å². The maximum absolute atomic E-state index is 13.1. The van der Waals surface area contributed by atoms with Gasteiger partial charge in [-0.1, -0.05) is 23.7 Å². The van der Waals surface area contributed by atoms with E-state index in [1.807, 2.05) is 0 Å². The van der Waals surface area contributed by atoms with E-state index in [-0.39, 0.29) is 17.4 Å². The molecule has 0 aromatic heterocycles. The topological polar surface area (TPSA) is 35.5 Å². The molecule has 0 amide bonds. The van der Waals surface area contributed by atoms with Crippen LogP contribution in [0.5, 0.6) is 11.5 Å². The zero-order valence-electron chi connectivity index (χ0n) is 10.7. The van der Waals surface area contributed by atoms with E-state index in [4.69, 9.17) is 21.1 Å². The maximum Gasteiger partial charge on any atom is 0.180 e. The zero-order chi connectivity index (χ0) is 14.5. The van der Waals surface area contributed by atoms with Gasteiger partial charge in [0.15, 0.2) is 11.5 Å². The molecular formula is C15H12ClFO3. The van der Waals surface area contributed by atoms with E-state index in [1.165, 1.54) is 31.4 Å². The highest BCUT2D eigenvalue weighted by Gasteiger charge is 2.12. The monoisotopic (exact) mass is 294 g/mol. The number of rotatable bonds is 5. The molecule has 0 spiro atoms. The lowest BCUT2D eigenvalue weighted by Gasteiger charge is -2.13. The van der Waals surface area contributed by atoms with E-state index < -0.39 is 0 Å². The fourth-order valence-corrected chi connectivity index (χ4v) is 2.00. The fraction of sp³-hybridized carbons (Fsp3) is 0.133. The Balaban J connectivity index is 2.22. The number of hydrogen-bond donors (Lipinski definition) is 0. The van der Waals surface area contributed by atoms with Crippen molar-refractivity contribution in [3.8, 4) is 11.5 Å². The molecule has 0 unspecified atom stereocenters. The zero-order valence-corrected chi connectivity index (χ0v) is 11.5. The molecule has 2 rings (SSSR count). The molecule has 5 heteroatoms. The van der Waals surface area contributed by atoms with Crippen LogP contribution in [0.25, 0.3) is 0 Å². The lowest BCUT2D eigenvalue weighted by atomic mass is 10.2. The van der Waals surface area contributed by atoms with Crippen LogP contribution in [0.2, 0.25) is 5.02 Å². The Hall–Kier alpha value is -2.07. The van der Waals surface area contributed by atoms with Gasteiger partial charge in [-0.25, -0.2) is 4.39 Å². The molecule has 0 aliphatic heterocycles. The molecule has 20 heavy (non-hydrogen) atoms. The summed E-state index contributed by atoms with van der Waals surface area (Å²) in [6.07, 6.45) is 0.671. The minimum absolute atomic E-state index is 0.147. The largest absolute Gasteiger partial charge is 0.493 e. The van der Waals surface area contributed by atoms with Crippen LogP contribution in [0, 0.1) is 5.82 Å². The first-order valence-corrected chi connectivity index (χ1v) is 6.22. The highest BCUT2D eigenvalue weighted by Crippen LogP contribution is 2.36. The van der Waals surface area contributed by atoms with Gasteiger partial charge >= 0.3 is 0 Å². The molecule has 0 N–H and O–H groups in total. The number of hydrogen-bond acceptors (Lipinski definition) is 3. The number of carbonyl (C=O) groups excluding carboxylic acids is 1. The van der Waals surface area contributed by atoms with Crippen LogP contribution >= 0.6 is 11.6 Å². The fourth-order valence-electron chi connectivity index (χ4n) is 1.73. The van der Waals surface area contributed by atoms with Crippen molar-refractivity contribution in [2.75, 3.05) is 7.11 Å². The van der Waals surface area contributed by atoms with E-state index in [2.05, 4.69) is 0 Å². The minimum atomic E-state index is -0.333. The summed E-state index contributed by atoms with van der Waals surface area (Å²) in [6, 6.07) is 9.08. The summed E-state index contributed by atoms with van der Waals surface area (Å²) in [6.45, 7) is 0.147. The summed E-state index contributed by atoms with van der Waals surface area (Å²) in [4.78, 5) is 10.8. The molecule has 0 fully saturated rings. The van der Waals surface area contributed by atoms with Crippen molar-refractivity contribution in [2.45, 2.75) is 6.61 Å². The van der Waals surface area contributed by atoms with Gasteiger partial charge < -0.3 is 9.47 Å². The van der Waals surface area contributed by atoms with Gasteiger partial charge in [0.2, 0.25) is 0 Å². The molecule has 0 radical (unpaired) electrons. The smallest absolute Gasteiger partial charge is 0.180 e. The summed E-state index contributed by atoms with van der Waals surface area (Å²) in [7, 11) is 1.45. The molecular weight excluding hydrogens is 283 g/mol. The molecule has 0 bridgehead atoms. The maximum atomic E-state index is 13.1. The minimum Gasteiger partial charge on any atom is -0.493 e. The predicted molar refractivity (Wildman–Crippen MR) is 74.1 cm³/mol. The number of halogens is 2. The van der Waals surface area contributed by atoms with Crippen LogP contribution < -0.4 is 9.47 Å². The average Bonchev–Trinajstić information content (AvgIpc) is 2.45. The van der Waals surface area contributed by atoms with Crippen LogP contribution in [0.3, 0.4) is 0 Å². The van der Waals surface area contributed by atoms with Crippen molar-refractivity contribution in [3.63, 3.8) is 0 Å². The standard InChI is InChI=1S/C15H12ClFO3/c1-19-14-7-11(8-18)6-13(16)15(14)20-9-10-3-2-4-12(17)5-10/h2-8H,9H2,1H3. The van der Waals surface area contributed by atoms with E-state index in [9.17, 15) is 9.18 Å². The van der Waals surface area contributed by atoms with Crippen LogP contribution in [0.1, 0.15) is 15.9 Å². The highest BCUT2D eigenvalue weighted by atomic mass is 35.5. The molecule has 0 saturated heterocycles. The summed E-state index contributed by atoms with van der Waals surface area (Å²) in [5.41, 5.74) is 1.06. The molecule has 0 heterocycles. The molecule has 3 nitrogen and oxygen atoms in total. The van der Waals surface area contributed by atoms with Gasteiger partial charge in [0.05, 0.1) is 12.1 Å². The average molecular weight is 295 g/mol. The Labute approximate surface area is 120 Å². The van der Waals surface area contributed by atoms with Crippen molar-refractivity contribution < 1.29 is 18.7 Å². The summed E-state index contributed by atoms with van der Waals surface area (Å²) in [5.74, 6) is 0.348. The van der Waals surface area contributed by atoms with Crippen molar-refractivity contribution in [3.05, 3.63) is 58.4 Å². The van der Waals surface area contributed by atoms with Crippen molar-refractivity contribution in [2.24, 2.45) is 0 Å². The van der Waals surface area contributed by atoms with E-state index in [1.54, 1.807) is 12.1 Å². The van der Waals surface area contributed by atoms with Crippen LogP contribution in [0.4, 0.5) is 4.39 Å². The van der Waals surface area contributed by atoms with Crippen molar-refractivity contribution in [1.82, 2.24) is 0 Å². The van der Waals surface area contributed by atoms with E-state index in [0.29, 0.717) is 28.9 Å². The molecule has 0 saturated carbocycles. The number of benzene rings is 2. The first kappa shape index (κ1) is 14.3. The van der Waals surface area contributed by atoms with Crippen molar-refractivity contribution >= 4 is 17.9 Å². The van der Waals surface area contributed by atoms with Crippen molar-refractivity contribution in [1.29, 1.82) is 0 Å². The Morgan fingerprint density at radius 1 is 1.30 bits per heavy atom.